The van der Waals surface area contributed by atoms with Gasteiger partial charge in [0.15, 0.2) is 0 Å². The molecule has 0 aromatic carbocycles. The van der Waals surface area contributed by atoms with Crippen LogP contribution in [0.4, 0.5) is 0 Å². The number of morpholine rings is 1. The molecule has 0 spiro atoms. The highest BCUT2D eigenvalue weighted by Crippen LogP contribution is 2.09. The molecule has 0 radical (unpaired) electrons. The van der Waals surface area contributed by atoms with Crippen LogP contribution >= 0.6 is 15.9 Å². The highest BCUT2D eigenvalue weighted by molar-refractivity contribution is 9.10. The zero-order valence-corrected chi connectivity index (χ0v) is 17.4. The molecule has 2 aromatic heterocycles. The lowest BCUT2D eigenvalue weighted by atomic mass is 10.2. The molecule has 0 unspecified atom stereocenters. The molecule has 0 bridgehead atoms. The zero-order chi connectivity index (χ0) is 19.8. The van der Waals surface area contributed by atoms with Gasteiger partial charge in [-0.2, -0.15) is 0 Å². The normalized spacial score (nSPS) is 14.8. The molecule has 1 aliphatic heterocycles. The molecule has 28 heavy (non-hydrogen) atoms. The van der Waals surface area contributed by atoms with E-state index in [0.717, 1.165) is 49.3 Å². The van der Waals surface area contributed by atoms with Crippen molar-refractivity contribution >= 4 is 21.8 Å². The second-order valence-corrected chi connectivity index (χ2v) is 7.71. The van der Waals surface area contributed by atoms with Crippen LogP contribution in [0, 0.1) is 0 Å². The molecular weight excluding hydrogens is 424 g/mol. The summed E-state index contributed by atoms with van der Waals surface area (Å²) < 4.78 is 7.59. The van der Waals surface area contributed by atoms with Gasteiger partial charge >= 0.3 is 0 Å². The van der Waals surface area contributed by atoms with Crippen molar-refractivity contribution in [2.45, 2.75) is 19.5 Å². The summed E-state index contributed by atoms with van der Waals surface area (Å²) >= 11 is 3.36. The van der Waals surface area contributed by atoms with Gasteiger partial charge in [-0.15, -0.1) is 0 Å². The van der Waals surface area contributed by atoms with Crippen LogP contribution in [0.15, 0.2) is 52.1 Å². The minimum atomic E-state index is -0.186. The molecule has 7 nitrogen and oxygen atoms in total. The molecule has 150 valence electrons. The molecule has 1 saturated heterocycles. The smallest absolute Gasteiger partial charge is 0.251 e. The van der Waals surface area contributed by atoms with E-state index < -0.39 is 0 Å². The highest BCUT2D eigenvalue weighted by Gasteiger charge is 2.17. The first-order valence-corrected chi connectivity index (χ1v) is 10.2. The summed E-state index contributed by atoms with van der Waals surface area (Å²) in [6.07, 6.45) is 5.98. The number of rotatable bonds is 8. The Kier molecular flexibility index (Phi) is 7.76. The Balaban J connectivity index is 1.64. The number of pyridine rings is 2. The number of amides is 1. The number of carbonyl (C=O) groups excluding carboxylic acids is 1. The van der Waals surface area contributed by atoms with E-state index in [1.165, 1.54) is 10.6 Å². The van der Waals surface area contributed by atoms with Gasteiger partial charge in [0.1, 0.15) is 6.54 Å². The molecular formula is C20H25BrN4O3. The Labute approximate surface area is 173 Å². The third kappa shape index (κ3) is 6.25. The lowest BCUT2D eigenvalue weighted by Crippen LogP contribution is -2.40. The van der Waals surface area contributed by atoms with E-state index in [2.05, 4.69) is 25.8 Å². The first kappa shape index (κ1) is 20.7. The van der Waals surface area contributed by atoms with Crippen molar-refractivity contribution in [1.29, 1.82) is 0 Å². The van der Waals surface area contributed by atoms with Crippen LogP contribution in [0.25, 0.3) is 0 Å². The van der Waals surface area contributed by atoms with E-state index in [9.17, 15) is 9.59 Å². The predicted molar refractivity (Wildman–Crippen MR) is 110 cm³/mol. The van der Waals surface area contributed by atoms with Gasteiger partial charge in [0, 0.05) is 61.9 Å². The molecule has 1 aliphatic rings. The Hall–Kier alpha value is -2.03. The van der Waals surface area contributed by atoms with E-state index in [-0.39, 0.29) is 18.0 Å². The molecule has 1 amide bonds. The van der Waals surface area contributed by atoms with Gasteiger partial charge in [-0.05, 0) is 46.1 Å². The topological polar surface area (TPSA) is 67.7 Å². The zero-order valence-electron chi connectivity index (χ0n) is 15.8. The average molecular weight is 449 g/mol. The van der Waals surface area contributed by atoms with Crippen LogP contribution in [0.5, 0.6) is 0 Å². The van der Waals surface area contributed by atoms with E-state index in [1.807, 2.05) is 17.0 Å². The Morgan fingerprint density at radius 1 is 1.18 bits per heavy atom. The maximum absolute atomic E-state index is 13.0. The van der Waals surface area contributed by atoms with Crippen molar-refractivity contribution in [3.63, 3.8) is 0 Å². The monoisotopic (exact) mass is 448 g/mol. The molecule has 0 atom stereocenters. The lowest BCUT2D eigenvalue weighted by Gasteiger charge is -2.28. The number of nitrogens with zero attached hydrogens (tertiary/aromatic N) is 4. The van der Waals surface area contributed by atoms with Gasteiger partial charge in [0.2, 0.25) is 5.91 Å². The molecule has 0 N–H and O–H groups in total. The second-order valence-electron chi connectivity index (χ2n) is 6.79. The summed E-state index contributed by atoms with van der Waals surface area (Å²) in [5.74, 6) is -0.0704. The third-order valence-corrected chi connectivity index (χ3v) is 5.20. The molecule has 3 rings (SSSR count). The second kappa shape index (κ2) is 10.5. The summed E-state index contributed by atoms with van der Waals surface area (Å²) in [4.78, 5) is 33.2. The molecule has 0 saturated carbocycles. The van der Waals surface area contributed by atoms with Gasteiger partial charge in [-0.3, -0.25) is 19.5 Å². The largest absolute Gasteiger partial charge is 0.379 e. The van der Waals surface area contributed by atoms with Crippen LogP contribution < -0.4 is 5.56 Å². The van der Waals surface area contributed by atoms with Crippen molar-refractivity contribution in [3.8, 4) is 0 Å². The summed E-state index contributed by atoms with van der Waals surface area (Å²) in [5.41, 5.74) is 0.838. The minimum Gasteiger partial charge on any atom is -0.379 e. The molecule has 1 fully saturated rings. The van der Waals surface area contributed by atoms with E-state index in [4.69, 9.17) is 4.74 Å². The molecule has 8 heteroatoms. The number of hydrogen-bond donors (Lipinski definition) is 0. The van der Waals surface area contributed by atoms with Crippen LogP contribution in [-0.2, 0) is 22.6 Å². The number of halogens is 1. The van der Waals surface area contributed by atoms with Gasteiger partial charge in [-0.25, -0.2) is 0 Å². The van der Waals surface area contributed by atoms with Crippen LogP contribution in [0.3, 0.4) is 0 Å². The highest BCUT2D eigenvalue weighted by atomic mass is 79.9. The van der Waals surface area contributed by atoms with Crippen molar-refractivity contribution in [2.24, 2.45) is 0 Å². The summed E-state index contributed by atoms with van der Waals surface area (Å²) in [7, 11) is 0. The molecule has 2 aromatic rings. The third-order valence-electron chi connectivity index (χ3n) is 4.73. The SMILES string of the molecule is O=C(Cn1cc(Br)ccc1=O)N(CCCN1CCOCC1)Cc1ccncc1. The van der Waals surface area contributed by atoms with E-state index in [0.29, 0.717) is 13.1 Å². The number of aromatic nitrogens is 2. The minimum absolute atomic E-state index is 0.0287. The van der Waals surface area contributed by atoms with E-state index >= 15 is 0 Å². The fraction of sp³-hybridized carbons (Fsp3) is 0.450. The number of ether oxygens (including phenoxy) is 1. The summed E-state index contributed by atoms with van der Waals surface area (Å²) in [6.45, 7) is 5.52. The average Bonchev–Trinajstić information content (AvgIpc) is 2.71. The van der Waals surface area contributed by atoms with Gasteiger partial charge in [0.25, 0.3) is 5.56 Å². The van der Waals surface area contributed by atoms with E-state index in [1.54, 1.807) is 24.7 Å². The number of carbonyl (C=O) groups is 1. The standard InChI is InChI=1S/C20H25BrN4O3/c21-18-2-3-19(26)25(15-18)16-20(27)24(14-17-4-6-22-7-5-17)9-1-8-23-10-12-28-13-11-23/h2-7,15H,1,8-14,16H2. The maximum Gasteiger partial charge on any atom is 0.251 e. The fourth-order valence-corrected chi connectivity index (χ4v) is 3.56. The fourth-order valence-electron chi connectivity index (χ4n) is 3.18. The van der Waals surface area contributed by atoms with Crippen molar-refractivity contribution < 1.29 is 9.53 Å². The van der Waals surface area contributed by atoms with Crippen LogP contribution in [0.1, 0.15) is 12.0 Å². The molecule has 0 aliphatic carbocycles. The Morgan fingerprint density at radius 3 is 2.68 bits per heavy atom. The van der Waals surface area contributed by atoms with Crippen LogP contribution in [0.2, 0.25) is 0 Å². The first-order chi connectivity index (χ1) is 13.6. The number of hydrogen-bond acceptors (Lipinski definition) is 5. The first-order valence-electron chi connectivity index (χ1n) is 9.44. The summed E-state index contributed by atoms with van der Waals surface area (Å²) in [6, 6.07) is 6.96. The van der Waals surface area contributed by atoms with Crippen molar-refractivity contribution in [2.75, 3.05) is 39.4 Å². The molecule has 3 heterocycles. The Morgan fingerprint density at radius 2 is 1.93 bits per heavy atom. The van der Waals surface area contributed by atoms with Gasteiger partial charge in [-0.1, -0.05) is 0 Å². The van der Waals surface area contributed by atoms with Gasteiger partial charge < -0.3 is 14.2 Å². The van der Waals surface area contributed by atoms with Crippen molar-refractivity contribution in [3.05, 3.63) is 63.2 Å². The summed E-state index contributed by atoms with van der Waals surface area (Å²) in [5, 5.41) is 0. The van der Waals surface area contributed by atoms with Gasteiger partial charge in [0.05, 0.1) is 13.2 Å². The quantitative estimate of drug-likeness (QED) is 0.615. The lowest BCUT2D eigenvalue weighted by molar-refractivity contribution is -0.132. The van der Waals surface area contributed by atoms with Crippen LogP contribution in [-0.4, -0.2) is 64.7 Å². The van der Waals surface area contributed by atoms with Crippen molar-refractivity contribution in [1.82, 2.24) is 19.4 Å². The predicted octanol–water partition coefficient (Wildman–Crippen LogP) is 1.76. The maximum atomic E-state index is 13.0. The Bertz CT molecular complexity index is 822.